The molecule has 1 N–H and O–H groups in total. The highest BCUT2D eigenvalue weighted by Crippen LogP contribution is 2.21. The highest BCUT2D eigenvalue weighted by atomic mass is 79.9. The molecule has 3 rings (SSSR count). The quantitative estimate of drug-likeness (QED) is 0.818. The van der Waals surface area contributed by atoms with Gasteiger partial charge in [-0.25, -0.2) is 4.39 Å². The third kappa shape index (κ3) is 4.33. The normalized spacial score (nSPS) is 16.8. The Kier molecular flexibility index (Phi) is 5.48. The number of carbonyl (C=O) groups excluding carboxylic acids is 1. The van der Waals surface area contributed by atoms with Crippen LogP contribution in [-0.2, 0) is 4.74 Å². The molecule has 1 unspecified atom stereocenters. The molecule has 24 heavy (non-hydrogen) atoms. The molecule has 0 aromatic heterocycles. The van der Waals surface area contributed by atoms with Crippen LogP contribution in [0.1, 0.15) is 23.2 Å². The second-order valence-corrected chi connectivity index (χ2v) is 6.47. The highest BCUT2D eigenvalue weighted by molar-refractivity contribution is 9.10. The van der Waals surface area contributed by atoms with Crippen LogP contribution in [0.5, 0.6) is 5.75 Å². The van der Waals surface area contributed by atoms with Crippen molar-refractivity contribution in [3.05, 3.63) is 58.3 Å². The number of halogens is 2. The number of hydrogen-bond donors (Lipinski definition) is 1. The van der Waals surface area contributed by atoms with Crippen LogP contribution in [0, 0.1) is 5.82 Å². The first-order valence-corrected chi connectivity index (χ1v) is 8.52. The lowest BCUT2D eigenvalue weighted by Gasteiger charge is -2.13. The number of amides is 1. The van der Waals surface area contributed by atoms with Gasteiger partial charge in [-0.3, -0.25) is 4.79 Å². The van der Waals surface area contributed by atoms with E-state index >= 15 is 0 Å². The van der Waals surface area contributed by atoms with Crippen LogP contribution in [0.25, 0.3) is 0 Å². The fourth-order valence-corrected chi connectivity index (χ4v) is 2.86. The van der Waals surface area contributed by atoms with Crippen molar-refractivity contribution < 1.29 is 18.7 Å². The Balaban J connectivity index is 1.65. The van der Waals surface area contributed by atoms with Crippen molar-refractivity contribution in [1.29, 1.82) is 0 Å². The maximum Gasteiger partial charge on any atom is 0.258 e. The molecule has 0 bridgehead atoms. The summed E-state index contributed by atoms with van der Waals surface area (Å²) in [5, 5.41) is 2.68. The van der Waals surface area contributed by atoms with Crippen molar-refractivity contribution in [3.63, 3.8) is 0 Å². The average Bonchev–Trinajstić information content (AvgIpc) is 3.09. The zero-order valence-corrected chi connectivity index (χ0v) is 14.5. The molecule has 6 heteroatoms. The third-order valence-corrected chi connectivity index (χ3v) is 4.22. The van der Waals surface area contributed by atoms with E-state index in [1.165, 1.54) is 12.1 Å². The molecule has 1 aliphatic heterocycles. The van der Waals surface area contributed by atoms with E-state index in [0.29, 0.717) is 22.5 Å². The van der Waals surface area contributed by atoms with E-state index in [4.69, 9.17) is 9.47 Å². The van der Waals surface area contributed by atoms with Crippen molar-refractivity contribution in [2.45, 2.75) is 18.9 Å². The molecule has 126 valence electrons. The summed E-state index contributed by atoms with van der Waals surface area (Å²) >= 11 is 3.24. The molecule has 1 aliphatic rings. The van der Waals surface area contributed by atoms with Gasteiger partial charge in [-0.05, 0) is 43.2 Å². The smallest absolute Gasteiger partial charge is 0.258 e. The van der Waals surface area contributed by atoms with Gasteiger partial charge in [0, 0.05) is 22.8 Å². The van der Waals surface area contributed by atoms with E-state index in [0.717, 1.165) is 19.4 Å². The highest BCUT2D eigenvalue weighted by Gasteiger charge is 2.16. The zero-order valence-electron chi connectivity index (χ0n) is 12.9. The van der Waals surface area contributed by atoms with Crippen molar-refractivity contribution in [2.75, 3.05) is 18.5 Å². The summed E-state index contributed by atoms with van der Waals surface area (Å²) in [6.07, 6.45) is 2.18. The van der Waals surface area contributed by atoms with Gasteiger partial charge in [0.25, 0.3) is 5.91 Å². The number of anilines is 1. The lowest BCUT2D eigenvalue weighted by Crippen LogP contribution is -2.16. The van der Waals surface area contributed by atoms with E-state index in [1.54, 1.807) is 24.3 Å². The Labute approximate surface area is 148 Å². The van der Waals surface area contributed by atoms with Gasteiger partial charge in [-0.1, -0.05) is 22.0 Å². The predicted molar refractivity (Wildman–Crippen MR) is 93.0 cm³/mol. The van der Waals surface area contributed by atoms with Crippen LogP contribution in [0.2, 0.25) is 0 Å². The standard InChI is InChI=1S/C18H17BrFNO3/c19-12-6-7-17(20)16(9-12)18(22)21-13-3-1-4-14(10-13)24-11-15-5-2-8-23-15/h1,3-4,6-7,9-10,15H,2,5,8,11H2,(H,21,22). The Bertz CT molecular complexity index is 732. The first-order chi connectivity index (χ1) is 11.6. The molecule has 1 saturated heterocycles. The maximum atomic E-state index is 13.8. The molecular formula is C18H17BrFNO3. The summed E-state index contributed by atoms with van der Waals surface area (Å²) in [5.74, 6) is -0.440. The summed E-state index contributed by atoms with van der Waals surface area (Å²) in [4.78, 5) is 12.2. The minimum atomic E-state index is -0.568. The second-order valence-electron chi connectivity index (χ2n) is 5.55. The molecule has 0 saturated carbocycles. The average molecular weight is 394 g/mol. The molecular weight excluding hydrogens is 377 g/mol. The fourth-order valence-electron chi connectivity index (χ4n) is 2.50. The monoisotopic (exact) mass is 393 g/mol. The largest absolute Gasteiger partial charge is 0.491 e. The summed E-state index contributed by atoms with van der Waals surface area (Å²) < 4.78 is 25.6. The zero-order chi connectivity index (χ0) is 16.9. The topological polar surface area (TPSA) is 47.6 Å². The number of nitrogens with one attached hydrogen (secondary N) is 1. The van der Waals surface area contributed by atoms with Gasteiger partial charge >= 0.3 is 0 Å². The first kappa shape index (κ1) is 16.9. The van der Waals surface area contributed by atoms with Crippen molar-refractivity contribution in [1.82, 2.24) is 0 Å². The molecule has 0 spiro atoms. The number of ether oxygens (including phenoxy) is 2. The Hall–Kier alpha value is -1.92. The van der Waals surface area contributed by atoms with E-state index < -0.39 is 11.7 Å². The van der Waals surface area contributed by atoms with Gasteiger partial charge in [0.05, 0.1) is 11.7 Å². The van der Waals surface area contributed by atoms with Crippen LogP contribution < -0.4 is 10.1 Å². The van der Waals surface area contributed by atoms with E-state index in [9.17, 15) is 9.18 Å². The van der Waals surface area contributed by atoms with Crippen molar-refractivity contribution >= 4 is 27.5 Å². The van der Waals surface area contributed by atoms with Crippen LogP contribution >= 0.6 is 15.9 Å². The van der Waals surface area contributed by atoms with E-state index in [1.807, 2.05) is 6.07 Å². The second kappa shape index (κ2) is 7.77. The molecule has 2 aromatic carbocycles. The minimum absolute atomic E-state index is 0.0185. The molecule has 1 atom stereocenters. The van der Waals surface area contributed by atoms with Gasteiger partial charge in [0.15, 0.2) is 0 Å². The lowest BCUT2D eigenvalue weighted by atomic mass is 10.2. The molecule has 1 fully saturated rings. The minimum Gasteiger partial charge on any atom is -0.491 e. The third-order valence-electron chi connectivity index (χ3n) is 3.72. The van der Waals surface area contributed by atoms with Crippen molar-refractivity contribution in [3.8, 4) is 5.75 Å². The first-order valence-electron chi connectivity index (χ1n) is 7.73. The fraction of sp³-hybridized carbons (Fsp3) is 0.278. The molecule has 0 aliphatic carbocycles. The number of hydrogen-bond acceptors (Lipinski definition) is 3. The van der Waals surface area contributed by atoms with Gasteiger partial charge in [-0.2, -0.15) is 0 Å². The lowest BCUT2D eigenvalue weighted by molar-refractivity contribution is 0.0680. The number of carbonyl (C=O) groups is 1. The van der Waals surface area contributed by atoms with Gasteiger partial charge in [0.1, 0.15) is 18.2 Å². The summed E-state index contributed by atoms with van der Waals surface area (Å²) in [5.41, 5.74) is 0.527. The van der Waals surface area contributed by atoms with E-state index in [2.05, 4.69) is 21.2 Å². The molecule has 1 amide bonds. The van der Waals surface area contributed by atoms with Crippen LogP contribution in [0.4, 0.5) is 10.1 Å². The van der Waals surface area contributed by atoms with Gasteiger partial charge in [-0.15, -0.1) is 0 Å². The number of rotatable bonds is 5. The van der Waals surface area contributed by atoms with Gasteiger partial charge in [0.2, 0.25) is 0 Å². The number of benzene rings is 2. The SMILES string of the molecule is O=C(Nc1cccc(OCC2CCCO2)c1)c1cc(Br)ccc1F. The van der Waals surface area contributed by atoms with Crippen LogP contribution in [0.15, 0.2) is 46.9 Å². The molecule has 2 aromatic rings. The molecule has 4 nitrogen and oxygen atoms in total. The Morgan fingerprint density at radius 1 is 1.33 bits per heavy atom. The van der Waals surface area contributed by atoms with Crippen LogP contribution in [0.3, 0.4) is 0 Å². The Morgan fingerprint density at radius 3 is 3.00 bits per heavy atom. The summed E-state index contributed by atoms with van der Waals surface area (Å²) in [6.45, 7) is 1.26. The van der Waals surface area contributed by atoms with Crippen LogP contribution in [-0.4, -0.2) is 25.2 Å². The summed E-state index contributed by atoms with van der Waals surface area (Å²) in [6, 6.07) is 11.3. The van der Waals surface area contributed by atoms with E-state index in [-0.39, 0.29) is 11.7 Å². The molecule has 1 heterocycles. The van der Waals surface area contributed by atoms with Crippen molar-refractivity contribution in [2.24, 2.45) is 0 Å². The predicted octanol–water partition coefficient (Wildman–Crippen LogP) is 4.40. The maximum absolute atomic E-state index is 13.8. The van der Waals surface area contributed by atoms with Gasteiger partial charge < -0.3 is 14.8 Å². The Morgan fingerprint density at radius 2 is 2.21 bits per heavy atom. The molecule has 0 radical (unpaired) electrons. The summed E-state index contributed by atoms with van der Waals surface area (Å²) in [7, 11) is 0.